The average Bonchev–Trinajstić information content (AvgIpc) is 2.65. The molecule has 2 rings (SSSR count). The highest BCUT2D eigenvalue weighted by molar-refractivity contribution is 5.86. The van der Waals surface area contributed by atoms with Crippen molar-refractivity contribution in [3.63, 3.8) is 0 Å². The molecule has 0 aliphatic heterocycles. The molecule has 0 saturated carbocycles. The number of hydrogen-bond donors (Lipinski definition) is 1. The molecule has 27 heavy (non-hydrogen) atoms. The molecule has 0 heterocycles. The molecule has 1 N–H and O–H groups in total. The van der Waals surface area contributed by atoms with Gasteiger partial charge in [0.1, 0.15) is 0 Å². The number of nitrogens with zero attached hydrogens (tertiary/aromatic N) is 2. The molecule has 0 aliphatic rings. The summed E-state index contributed by atoms with van der Waals surface area (Å²) in [6, 6.07) is 12.1. The van der Waals surface area contributed by atoms with E-state index in [-0.39, 0.29) is 12.3 Å². The van der Waals surface area contributed by atoms with Gasteiger partial charge in [0.15, 0.2) is 0 Å². The Hall–Kier alpha value is -3.09. The van der Waals surface area contributed by atoms with Gasteiger partial charge in [-0.1, -0.05) is 12.1 Å². The molecule has 0 atom stereocenters. The lowest BCUT2D eigenvalue weighted by Gasteiger charge is -2.22. The zero-order chi connectivity index (χ0) is 19.8. The van der Waals surface area contributed by atoms with E-state index in [4.69, 9.17) is 4.74 Å². The number of carbonyl (C=O) groups excluding carboxylic acids is 1. The highest BCUT2D eigenvalue weighted by atomic mass is 16.6. The van der Waals surface area contributed by atoms with Gasteiger partial charge in [-0.25, -0.2) is 4.79 Å². The van der Waals surface area contributed by atoms with Gasteiger partial charge in [-0.2, -0.15) is 0 Å². The van der Waals surface area contributed by atoms with E-state index in [1.807, 2.05) is 25.1 Å². The Morgan fingerprint density at radius 2 is 1.81 bits per heavy atom. The summed E-state index contributed by atoms with van der Waals surface area (Å²) in [6.45, 7) is 8.20. The molecular weight excluding hydrogens is 346 g/mol. The summed E-state index contributed by atoms with van der Waals surface area (Å²) >= 11 is 0. The van der Waals surface area contributed by atoms with E-state index in [0.29, 0.717) is 12.1 Å². The third kappa shape index (κ3) is 5.70. The number of aryl methyl sites for hydroxylation is 1. The van der Waals surface area contributed by atoms with Crippen molar-refractivity contribution in [2.24, 2.45) is 0 Å². The van der Waals surface area contributed by atoms with Crippen molar-refractivity contribution in [1.82, 2.24) is 0 Å². The largest absolute Gasteiger partial charge is 0.449 e. The molecule has 0 unspecified atom stereocenters. The van der Waals surface area contributed by atoms with Gasteiger partial charge in [0.25, 0.3) is 5.69 Å². The monoisotopic (exact) mass is 371 g/mol. The van der Waals surface area contributed by atoms with Gasteiger partial charge in [0, 0.05) is 43.0 Å². The maximum Gasteiger partial charge on any atom is 0.411 e. The van der Waals surface area contributed by atoms with E-state index >= 15 is 0 Å². The summed E-state index contributed by atoms with van der Waals surface area (Å²) in [7, 11) is 0. The molecule has 2 aromatic carbocycles. The number of nitrogens with one attached hydrogen (secondary N) is 1. The van der Waals surface area contributed by atoms with Gasteiger partial charge < -0.3 is 9.64 Å². The van der Waals surface area contributed by atoms with Gasteiger partial charge in [-0.15, -0.1) is 0 Å². The summed E-state index contributed by atoms with van der Waals surface area (Å²) in [5.41, 5.74) is 3.71. The minimum atomic E-state index is -0.518. The number of carbonyl (C=O) groups is 1. The highest BCUT2D eigenvalue weighted by Gasteiger charge is 2.09. The van der Waals surface area contributed by atoms with Crippen LogP contribution in [0.1, 0.15) is 25.0 Å². The van der Waals surface area contributed by atoms with Crippen LogP contribution in [0.3, 0.4) is 0 Å². The molecule has 144 valence electrons. The molecular formula is C20H25N3O4. The fourth-order valence-corrected chi connectivity index (χ4v) is 2.77. The number of amides is 1. The third-order valence-electron chi connectivity index (χ3n) is 4.35. The number of non-ortho nitro benzene ring substituents is 1. The summed E-state index contributed by atoms with van der Waals surface area (Å²) in [5, 5.41) is 13.4. The standard InChI is InChI=1S/C20H25N3O4/c1-4-22(5-2)18-10-11-19(15(3)14-18)21-20(24)27-13-12-16-6-8-17(9-7-16)23(25)26/h6-11,14H,4-5,12-13H2,1-3H3,(H,21,24). The predicted octanol–water partition coefficient (Wildman–Crippen LogP) is 4.54. The lowest BCUT2D eigenvalue weighted by atomic mass is 10.1. The Bertz CT molecular complexity index is 786. The molecule has 2 aromatic rings. The molecule has 0 fully saturated rings. The fourth-order valence-electron chi connectivity index (χ4n) is 2.77. The maximum absolute atomic E-state index is 12.0. The maximum atomic E-state index is 12.0. The summed E-state index contributed by atoms with van der Waals surface area (Å²) in [6.07, 6.45) is -0.0266. The zero-order valence-corrected chi connectivity index (χ0v) is 15.9. The smallest absolute Gasteiger partial charge is 0.411 e. The number of rotatable bonds is 8. The predicted molar refractivity (Wildman–Crippen MR) is 107 cm³/mol. The van der Waals surface area contributed by atoms with E-state index in [1.165, 1.54) is 12.1 Å². The first-order valence-corrected chi connectivity index (χ1v) is 8.97. The lowest BCUT2D eigenvalue weighted by molar-refractivity contribution is -0.384. The normalized spacial score (nSPS) is 10.3. The van der Waals surface area contributed by atoms with E-state index in [2.05, 4.69) is 24.1 Å². The van der Waals surface area contributed by atoms with Crippen LogP contribution in [-0.2, 0) is 11.2 Å². The number of nitro benzene ring substituents is 1. The van der Waals surface area contributed by atoms with Crippen molar-refractivity contribution in [1.29, 1.82) is 0 Å². The molecule has 7 nitrogen and oxygen atoms in total. The van der Waals surface area contributed by atoms with Gasteiger partial charge >= 0.3 is 6.09 Å². The second-order valence-corrected chi connectivity index (χ2v) is 6.11. The van der Waals surface area contributed by atoms with Crippen molar-refractivity contribution < 1.29 is 14.5 Å². The van der Waals surface area contributed by atoms with Crippen molar-refractivity contribution in [2.75, 3.05) is 29.9 Å². The zero-order valence-electron chi connectivity index (χ0n) is 15.9. The first-order valence-electron chi connectivity index (χ1n) is 8.97. The number of nitro groups is 1. The van der Waals surface area contributed by atoms with E-state index in [9.17, 15) is 14.9 Å². The molecule has 7 heteroatoms. The Kier molecular flexibility index (Phi) is 7.16. The second-order valence-electron chi connectivity index (χ2n) is 6.11. The minimum Gasteiger partial charge on any atom is -0.449 e. The molecule has 0 aliphatic carbocycles. The van der Waals surface area contributed by atoms with Crippen molar-refractivity contribution in [2.45, 2.75) is 27.2 Å². The summed E-state index contributed by atoms with van der Waals surface area (Å²) < 4.78 is 5.21. The Morgan fingerprint density at radius 1 is 1.15 bits per heavy atom. The van der Waals surface area contributed by atoms with Crippen LogP contribution in [0.25, 0.3) is 0 Å². The van der Waals surface area contributed by atoms with E-state index in [0.717, 1.165) is 29.9 Å². The molecule has 0 saturated heterocycles. The topological polar surface area (TPSA) is 84.7 Å². The Balaban J connectivity index is 1.85. The molecule has 0 spiro atoms. The van der Waals surface area contributed by atoms with Crippen molar-refractivity contribution >= 4 is 23.2 Å². The summed E-state index contributed by atoms with van der Waals surface area (Å²) in [4.78, 5) is 24.4. The van der Waals surface area contributed by atoms with Crippen LogP contribution in [0.4, 0.5) is 21.9 Å². The van der Waals surface area contributed by atoms with Crippen LogP contribution in [-0.4, -0.2) is 30.7 Å². The average molecular weight is 371 g/mol. The molecule has 0 radical (unpaired) electrons. The second kappa shape index (κ2) is 9.56. The minimum absolute atomic E-state index is 0.0426. The van der Waals surface area contributed by atoms with Crippen LogP contribution < -0.4 is 10.2 Å². The lowest BCUT2D eigenvalue weighted by Crippen LogP contribution is -2.22. The van der Waals surface area contributed by atoms with Crippen LogP contribution in [0.5, 0.6) is 0 Å². The van der Waals surface area contributed by atoms with Crippen LogP contribution in [0.2, 0.25) is 0 Å². The van der Waals surface area contributed by atoms with Crippen molar-refractivity contribution in [3.8, 4) is 0 Å². The highest BCUT2D eigenvalue weighted by Crippen LogP contribution is 2.22. The van der Waals surface area contributed by atoms with E-state index in [1.54, 1.807) is 12.1 Å². The van der Waals surface area contributed by atoms with Crippen LogP contribution >= 0.6 is 0 Å². The van der Waals surface area contributed by atoms with Gasteiger partial charge in [-0.05, 0) is 50.1 Å². The molecule has 1 amide bonds. The van der Waals surface area contributed by atoms with Crippen LogP contribution in [0.15, 0.2) is 42.5 Å². The van der Waals surface area contributed by atoms with E-state index < -0.39 is 11.0 Å². The number of ether oxygens (including phenoxy) is 1. The molecule has 0 aromatic heterocycles. The van der Waals surface area contributed by atoms with Crippen molar-refractivity contribution in [3.05, 3.63) is 63.7 Å². The Labute approximate surface area is 159 Å². The SMILES string of the molecule is CCN(CC)c1ccc(NC(=O)OCCc2ccc([N+](=O)[O-])cc2)c(C)c1. The van der Waals surface area contributed by atoms with Crippen LogP contribution in [0, 0.1) is 17.0 Å². The number of hydrogen-bond acceptors (Lipinski definition) is 5. The summed E-state index contributed by atoms with van der Waals surface area (Å²) in [5.74, 6) is 0. The molecule has 0 bridgehead atoms. The first-order chi connectivity index (χ1) is 12.9. The Morgan fingerprint density at radius 3 is 2.37 bits per heavy atom. The quantitative estimate of drug-likeness (QED) is 0.544. The van der Waals surface area contributed by atoms with Gasteiger partial charge in [0.05, 0.1) is 11.5 Å². The fraction of sp³-hybridized carbons (Fsp3) is 0.350. The first kappa shape index (κ1) is 20.2. The van der Waals surface area contributed by atoms with Gasteiger partial charge in [-0.3, -0.25) is 15.4 Å². The van der Waals surface area contributed by atoms with Gasteiger partial charge in [0.2, 0.25) is 0 Å². The number of anilines is 2. The number of benzene rings is 2. The third-order valence-corrected chi connectivity index (χ3v) is 4.35.